The predicted octanol–water partition coefficient (Wildman–Crippen LogP) is 2.85. The summed E-state index contributed by atoms with van der Waals surface area (Å²) in [5, 5.41) is 13.2. The average molecular weight is 235 g/mol. The zero-order valence-electron chi connectivity index (χ0n) is 10.8. The van der Waals surface area contributed by atoms with Crippen molar-refractivity contribution < 1.29 is 9.90 Å². The van der Waals surface area contributed by atoms with E-state index < -0.39 is 5.60 Å². The third kappa shape index (κ3) is 4.57. The first kappa shape index (κ1) is 13.7. The molecule has 1 atom stereocenters. The smallest absolute Gasteiger partial charge is 0.159 e. The lowest BCUT2D eigenvalue weighted by molar-refractivity contribution is 0.0636. The van der Waals surface area contributed by atoms with E-state index in [-0.39, 0.29) is 5.78 Å². The van der Waals surface area contributed by atoms with Gasteiger partial charge >= 0.3 is 0 Å². The Kier molecular flexibility index (Phi) is 4.70. The minimum Gasteiger partial charge on any atom is -0.388 e. The quantitative estimate of drug-likeness (QED) is 0.745. The van der Waals surface area contributed by atoms with Crippen molar-refractivity contribution in [3.05, 3.63) is 29.8 Å². The maximum absolute atomic E-state index is 11.1. The van der Waals surface area contributed by atoms with Crippen LogP contribution in [0.3, 0.4) is 0 Å². The molecular weight excluding hydrogens is 214 g/mol. The molecule has 0 fully saturated rings. The molecule has 1 rings (SSSR count). The van der Waals surface area contributed by atoms with Crippen LogP contribution >= 0.6 is 0 Å². The highest BCUT2D eigenvalue weighted by atomic mass is 16.3. The van der Waals surface area contributed by atoms with Crippen molar-refractivity contribution in [1.82, 2.24) is 0 Å². The monoisotopic (exact) mass is 235 g/mol. The Morgan fingerprint density at radius 1 is 1.35 bits per heavy atom. The van der Waals surface area contributed by atoms with E-state index in [9.17, 15) is 9.90 Å². The minimum absolute atomic E-state index is 0.0644. The summed E-state index contributed by atoms with van der Waals surface area (Å²) in [6, 6.07) is 7.30. The highest BCUT2D eigenvalue weighted by Crippen LogP contribution is 2.15. The second kappa shape index (κ2) is 5.82. The van der Waals surface area contributed by atoms with Crippen LogP contribution in [-0.4, -0.2) is 23.0 Å². The molecule has 0 amide bonds. The van der Waals surface area contributed by atoms with Gasteiger partial charge in [-0.3, -0.25) is 4.79 Å². The van der Waals surface area contributed by atoms with Crippen LogP contribution in [0, 0.1) is 0 Å². The van der Waals surface area contributed by atoms with Gasteiger partial charge in [0.1, 0.15) is 0 Å². The van der Waals surface area contributed by atoms with Crippen LogP contribution in [-0.2, 0) is 0 Å². The van der Waals surface area contributed by atoms with Crippen LogP contribution in [0.4, 0.5) is 5.69 Å². The summed E-state index contributed by atoms with van der Waals surface area (Å²) in [5.74, 6) is 0.0644. The van der Waals surface area contributed by atoms with E-state index in [1.807, 2.05) is 19.1 Å². The number of anilines is 1. The Morgan fingerprint density at radius 3 is 2.41 bits per heavy atom. The molecule has 3 heteroatoms. The summed E-state index contributed by atoms with van der Waals surface area (Å²) in [5.41, 5.74) is 0.941. The first-order chi connectivity index (χ1) is 7.94. The van der Waals surface area contributed by atoms with Crippen molar-refractivity contribution >= 4 is 11.5 Å². The minimum atomic E-state index is -0.687. The Labute approximate surface area is 103 Å². The number of rotatable bonds is 6. The van der Waals surface area contributed by atoms with Gasteiger partial charge in [0.25, 0.3) is 0 Å². The highest BCUT2D eigenvalue weighted by Gasteiger charge is 2.18. The third-order valence-electron chi connectivity index (χ3n) is 2.75. The molecule has 1 aromatic carbocycles. The first-order valence-electron chi connectivity index (χ1n) is 6.02. The molecule has 0 spiro atoms. The standard InChI is InChI=1S/C14H21NO2/c1-4-9-14(3,17)10-15-13-7-5-12(6-8-13)11(2)16/h5-8,15,17H,4,9-10H2,1-3H3. The van der Waals surface area contributed by atoms with Crippen LogP contribution in [0.1, 0.15) is 44.0 Å². The van der Waals surface area contributed by atoms with E-state index in [0.29, 0.717) is 12.1 Å². The molecule has 94 valence electrons. The molecule has 2 N–H and O–H groups in total. The maximum Gasteiger partial charge on any atom is 0.159 e. The van der Waals surface area contributed by atoms with Gasteiger partial charge in [-0.1, -0.05) is 13.3 Å². The lowest BCUT2D eigenvalue weighted by atomic mass is 10.0. The summed E-state index contributed by atoms with van der Waals surface area (Å²) in [4.78, 5) is 11.1. The molecule has 17 heavy (non-hydrogen) atoms. The van der Waals surface area contributed by atoms with Crippen molar-refractivity contribution in [3.63, 3.8) is 0 Å². The molecule has 0 heterocycles. The second-order valence-corrected chi connectivity index (χ2v) is 4.73. The zero-order chi connectivity index (χ0) is 12.9. The van der Waals surface area contributed by atoms with E-state index in [1.165, 1.54) is 0 Å². The number of hydrogen-bond acceptors (Lipinski definition) is 3. The molecular formula is C14H21NO2. The topological polar surface area (TPSA) is 49.3 Å². The van der Waals surface area contributed by atoms with Crippen molar-refractivity contribution in [3.8, 4) is 0 Å². The van der Waals surface area contributed by atoms with Crippen molar-refractivity contribution in [2.24, 2.45) is 0 Å². The van der Waals surface area contributed by atoms with Gasteiger partial charge in [-0.15, -0.1) is 0 Å². The first-order valence-corrected chi connectivity index (χ1v) is 6.02. The summed E-state index contributed by atoms with van der Waals surface area (Å²) in [6.45, 7) is 5.94. The van der Waals surface area contributed by atoms with E-state index in [2.05, 4.69) is 12.2 Å². The van der Waals surface area contributed by atoms with Gasteiger partial charge in [0, 0.05) is 17.8 Å². The number of carbonyl (C=O) groups excluding carboxylic acids is 1. The van der Waals surface area contributed by atoms with Gasteiger partial charge in [0.05, 0.1) is 5.60 Å². The lowest BCUT2D eigenvalue weighted by Gasteiger charge is -2.23. The van der Waals surface area contributed by atoms with Crippen LogP contribution in [0.5, 0.6) is 0 Å². The summed E-state index contributed by atoms with van der Waals surface area (Å²) >= 11 is 0. The van der Waals surface area contributed by atoms with Gasteiger partial charge < -0.3 is 10.4 Å². The van der Waals surface area contributed by atoms with Crippen LogP contribution < -0.4 is 5.32 Å². The van der Waals surface area contributed by atoms with E-state index in [1.54, 1.807) is 19.1 Å². The lowest BCUT2D eigenvalue weighted by Crippen LogP contribution is -2.33. The number of Topliss-reactive ketones (excluding diaryl/α,β-unsaturated/α-hetero) is 1. The van der Waals surface area contributed by atoms with E-state index in [0.717, 1.165) is 18.5 Å². The Bertz CT molecular complexity index is 368. The SMILES string of the molecule is CCCC(C)(O)CNc1ccc(C(C)=O)cc1. The summed E-state index contributed by atoms with van der Waals surface area (Å²) < 4.78 is 0. The number of nitrogens with one attached hydrogen (secondary N) is 1. The highest BCUT2D eigenvalue weighted by molar-refractivity contribution is 5.94. The molecule has 0 radical (unpaired) electrons. The molecule has 0 saturated heterocycles. The molecule has 0 aromatic heterocycles. The number of carbonyl (C=O) groups is 1. The number of benzene rings is 1. The molecule has 0 bridgehead atoms. The van der Waals surface area contributed by atoms with Crippen LogP contribution in [0.2, 0.25) is 0 Å². The number of aliphatic hydroxyl groups is 1. The molecule has 3 nitrogen and oxygen atoms in total. The third-order valence-corrected chi connectivity index (χ3v) is 2.75. The molecule has 0 aliphatic rings. The van der Waals surface area contributed by atoms with Gasteiger partial charge in [0.15, 0.2) is 5.78 Å². The molecule has 0 aliphatic carbocycles. The van der Waals surface area contributed by atoms with Gasteiger partial charge in [-0.2, -0.15) is 0 Å². The van der Waals surface area contributed by atoms with Gasteiger partial charge in [0.2, 0.25) is 0 Å². The molecule has 1 aromatic rings. The fourth-order valence-corrected chi connectivity index (χ4v) is 1.74. The average Bonchev–Trinajstić information content (AvgIpc) is 2.27. The van der Waals surface area contributed by atoms with Gasteiger partial charge in [-0.25, -0.2) is 0 Å². The number of hydrogen-bond donors (Lipinski definition) is 2. The fourth-order valence-electron chi connectivity index (χ4n) is 1.74. The normalized spacial score (nSPS) is 14.1. The van der Waals surface area contributed by atoms with E-state index in [4.69, 9.17) is 0 Å². The van der Waals surface area contributed by atoms with E-state index >= 15 is 0 Å². The summed E-state index contributed by atoms with van der Waals surface area (Å²) in [7, 11) is 0. The van der Waals surface area contributed by atoms with Crippen LogP contribution in [0.25, 0.3) is 0 Å². The zero-order valence-corrected chi connectivity index (χ0v) is 10.8. The maximum atomic E-state index is 11.1. The van der Waals surface area contributed by atoms with Gasteiger partial charge in [-0.05, 0) is 44.5 Å². The van der Waals surface area contributed by atoms with Crippen molar-refractivity contribution in [1.29, 1.82) is 0 Å². The fraction of sp³-hybridized carbons (Fsp3) is 0.500. The largest absolute Gasteiger partial charge is 0.388 e. The molecule has 1 unspecified atom stereocenters. The van der Waals surface area contributed by atoms with Crippen LogP contribution in [0.15, 0.2) is 24.3 Å². The Hall–Kier alpha value is -1.35. The Balaban J connectivity index is 2.55. The van der Waals surface area contributed by atoms with Crippen molar-refractivity contribution in [2.75, 3.05) is 11.9 Å². The number of ketones is 1. The van der Waals surface area contributed by atoms with Crippen molar-refractivity contribution in [2.45, 2.75) is 39.2 Å². The second-order valence-electron chi connectivity index (χ2n) is 4.73. The predicted molar refractivity (Wildman–Crippen MR) is 70.5 cm³/mol. The Morgan fingerprint density at radius 2 is 1.94 bits per heavy atom. The summed E-state index contributed by atoms with van der Waals surface area (Å²) in [6.07, 6.45) is 1.73. The molecule has 0 saturated carbocycles. The molecule has 0 aliphatic heterocycles.